The monoisotopic (exact) mass is 378 g/mol. The third-order valence-corrected chi connectivity index (χ3v) is 5.95. The zero-order valence-electron chi connectivity index (χ0n) is 18.3. The summed E-state index contributed by atoms with van der Waals surface area (Å²) in [6.45, 7) is 0. The van der Waals surface area contributed by atoms with Gasteiger partial charge in [0.2, 0.25) is 0 Å². The van der Waals surface area contributed by atoms with Gasteiger partial charge in [0.1, 0.15) is 0 Å². The van der Waals surface area contributed by atoms with Gasteiger partial charge in [-0.25, -0.2) is 0 Å². The van der Waals surface area contributed by atoms with Crippen LogP contribution in [0.1, 0.15) is 128 Å². The van der Waals surface area contributed by atoms with E-state index in [-0.39, 0.29) is 0 Å². The Labute approximate surface area is 175 Å². The minimum Gasteiger partial charge on any atom is -0.103 e. The Balaban J connectivity index is 1.97. The lowest BCUT2D eigenvalue weighted by molar-refractivity contribution is 0.654. The molecule has 0 bridgehead atoms. The fraction of sp³-hybridized carbons (Fsp3) is 0.714. The van der Waals surface area contributed by atoms with E-state index < -0.39 is 0 Å². The predicted molar refractivity (Wildman–Crippen MR) is 124 cm³/mol. The first-order valence-electron chi connectivity index (χ1n) is 12.3. The second-order valence-corrected chi connectivity index (χ2v) is 8.49. The van der Waals surface area contributed by atoms with Gasteiger partial charge in [-0.1, -0.05) is 37.8 Å². The summed E-state index contributed by atoms with van der Waals surface area (Å²) in [5, 5.41) is 0. The fourth-order valence-corrected chi connectivity index (χ4v) is 4.17. The van der Waals surface area contributed by atoms with Gasteiger partial charge in [0, 0.05) is 25.7 Å². The van der Waals surface area contributed by atoms with Gasteiger partial charge in [-0.2, -0.15) is 0 Å². The molecule has 0 aliphatic heterocycles. The van der Waals surface area contributed by atoms with E-state index in [2.05, 4.69) is 35.8 Å². The highest BCUT2D eigenvalue weighted by Gasteiger charge is 2.07. The highest BCUT2D eigenvalue weighted by atomic mass is 14.1. The highest BCUT2D eigenvalue weighted by Crippen LogP contribution is 2.26. The van der Waals surface area contributed by atoms with Crippen LogP contribution in [-0.4, -0.2) is 0 Å². The molecule has 0 spiro atoms. The SMILES string of the molecule is C1#CCCCCCC(/C2=C/CCCCCC#CCCCCC2)=C\CCCCC1. The zero-order chi connectivity index (χ0) is 19.5. The molecule has 0 heteroatoms. The number of hydrogen-bond acceptors (Lipinski definition) is 0. The van der Waals surface area contributed by atoms with Crippen LogP contribution in [0.15, 0.2) is 23.3 Å². The lowest BCUT2D eigenvalue weighted by Crippen LogP contribution is -1.95. The maximum atomic E-state index is 3.38. The molecule has 0 N–H and O–H groups in total. The van der Waals surface area contributed by atoms with E-state index in [1.807, 2.05) is 0 Å². The van der Waals surface area contributed by atoms with Crippen molar-refractivity contribution in [3.05, 3.63) is 23.3 Å². The van der Waals surface area contributed by atoms with Crippen molar-refractivity contribution in [2.24, 2.45) is 0 Å². The topological polar surface area (TPSA) is 0 Å². The van der Waals surface area contributed by atoms with Gasteiger partial charge in [0.25, 0.3) is 0 Å². The first kappa shape index (κ1) is 22.9. The van der Waals surface area contributed by atoms with Crippen molar-refractivity contribution in [3.8, 4) is 23.7 Å². The lowest BCUT2D eigenvalue weighted by atomic mass is 9.92. The van der Waals surface area contributed by atoms with Crippen molar-refractivity contribution in [3.63, 3.8) is 0 Å². The second-order valence-electron chi connectivity index (χ2n) is 8.49. The average Bonchev–Trinajstić information content (AvgIpc) is 2.71. The summed E-state index contributed by atoms with van der Waals surface area (Å²) in [6.07, 6.45) is 30.5. The molecule has 0 heterocycles. The van der Waals surface area contributed by atoms with Crippen LogP contribution in [0.4, 0.5) is 0 Å². The van der Waals surface area contributed by atoms with Crippen LogP contribution in [0.5, 0.6) is 0 Å². The van der Waals surface area contributed by atoms with Crippen LogP contribution in [0, 0.1) is 23.7 Å². The Bertz CT molecular complexity index is 527. The Morgan fingerprint density at radius 3 is 1.14 bits per heavy atom. The zero-order valence-corrected chi connectivity index (χ0v) is 18.3. The van der Waals surface area contributed by atoms with Gasteiger partial charge < -0.3 is 0 Å². The standard InChI is InChI=1S/C28H42/c1-3-7-11-15-19-23-27(24-20-16-12-8-4-1)28-25-21-17-13-9-5-2-6-10-14-18-22-26-28/h23,25H,3,5,7-22,24,26H2/b27-23+,28-25+. The van der Waals surface area contributed by atoms with E-state index in [4.69, 9.17) is 0 Å². The number of rotatable bonds is 1. The summed E-state index contributed by atoms with van der Waals surface area (Å²) < 4.78 is 0. The molecule has 0 radical (unpaired) electrons. The normalized spacial score (nSPS) is 25.7. The summed E-state index contributed by atoms with van der Waals surface area (Å²) in [5.41, 5.74) is 3.38. The molecule has 0 saturated heterocycles. The van der Waals surface area contributed by atoms with E-state index in [0.29, 0.717) is 0 Å². The fourth-order valence-electron chi connectivity index (χ4n) is 4.17. The van der Waals surface area contributed by atoms with Crippen LogP contribution in [0.3, 0.4) is 0 Å². The molecular formula is C28H42. The van der Waals surface area contributed by atoms with Crippen LogP contribution >= 0.6 is 0 Å². The molecule has 0 nitrogen and oxygen atoms in total. The minimum absolute atomic E-state index is 1.10. The molecule has 0 amide bonds. The lowest BCUT2D eigenvalue weighted by Gasteiger charge is -2.14. The van der Waals surface area contributed by atoms with Gasteiger partial charge in [0.15, 0.2) is 0 Å². The van der Waals surface area contributed by atoms with Gasteiger partial charge in [-0.15, -0.1) is 23.7 Å². The summed E-state index contributed by atoms with van der Waals surface area (Å²) in [5.74, 6) is 13.5. The second kappa shape index (κ2) is 16.5. The van der Waals surface area contributed by atoms with E-state index in [1.54, 1.807) is 11.1 Å². The van der Waals surface area contributed by atoms with Crippen LogP contribution in [-0.2, 0) is 0 Å². The molecule has 28 heavy (non-hydrogen) atoms. The average molecular weight is 379 g/mol. The van der Waals surface area contributed by atoms with E-state index in [1.165, 1.54) is 103 Å². The first-order valence-corrected chi connectivity index (χ1v) is 12.3. The third kappa shape index (κ3) is 11.4. The summed E-state index contributed by atoms with van der Waals surface area (Å²) >= 11 is 0. The predicted octanol–water partition coefficient (Wildman–Crippen LogP) is 8.68. The van der Waals surface area contributed by atoms with E-state index in [0.717, 1.165) is 25.7 Å². The summed E-state index contributed by atoms with van der Waals surface area (Å²) in [7, 11) is 0. The van der Waals surface area contributed by atoms with Crippen LogP contribution < -0.4 is 0 Å². The Morgan fingerprint density at radius 1 is 0.393 bits per heavy atom. The third-order valence-electron chi connectivity index (χ3n) is 5.95. The van der Waals surface area contributed by atoms with Crippen molar-refractivity contribution in [2.45, 2.75) is 128 Å². The highest BCUT2D eigenvalue weighted by molar-refractivity contribution is 5.31. The molecule has 154 valence electrons. The van der Waals surface area contributed by atoms with Gasteiger partial charge >= 0.3 is 0 Å². The maximum Gasteiger partial charge on any atom is 0.00886 e. The largest absolute Gasteiger partial charge is 0.103 e. The van der Waals surface area contributed by atoms with Crippen molar-refractivity contribution in [1.82, 2.24) is 0 Å². The van der Waals surface area contributed by atoms with Crippen molar-refractivity contribution in [2.75, 3.05) is 0 Å². The Kier molecular flexibility index (Phi) is 13.5. The van der Waals surface area contributed by atoms with Crippen molar-refractivity contribution in [1.29, 1.82) is 0 Å². The van der Waals surface area contributed by atoms with Gasteiger partial charge in [-0.3, -0.25) is 0 Å². The molecule has 0 aromatic heterocycles. The summed E-state index contributed by atoms with van der Waals surface area (Å²) in [4.78, 5) is 0. The van der Waals surface area contributed by atoms with Crippen LogP contribution in [0.2, 0.25) is 0 Å². The molecule has 2 rings (SSSR count). The van der Waals surface area contributed by atoms with Crippen molar-refractivity contribution < 1.29 is 0 Å². The smallest absolute Gasteiger partial charge is 0.00886 e. The van der Waals surface area contributed by atoms with Crippen LogP contribution in [0.25, 0.3) is 0 Å². The molecule has 2 aliphatic carbocycles. The van der Waals surface area contributed by atoms with Crippen molar-refractivity contribution >= 4 is 0 Å². The van der Waals surface area contributed by atoms with E-state index in [9.17, 15) is 0 Å². The first-order chi connectivity index (χ1) is 14.0. The number of allylic oxidation sites excluding steroid dienone is 4. The van der Waals surface area contributed by atoms with Gasteiger partial charge in [-0.05, 0) is 88.2 Å². The molecule has 0 atom stereocenters. The molecular weight excluding hydrogens is 336 g/mol. The summed E-state index contributed by atoms with van der Waals surface area (Å²) in [6, 6.07) is 0. The molecule has 0 unspecified atom stereocenters. The Hall–Kier alpha value is -1.40. The molecule has 0 fully saturated rings. The molecule has 0 saturated carbocycles. The molecule has 0 aromatic rings. The van der Waals surface area contributed by atoms with E-state index >= 15 is 0 Å². The molecule has 2 aliphatic rings. The minimum atomic E-state index is 1.10. The quantitative estimate of drug-likeness (QED) is 0.400. The maximum absolute atomic E-state index is 3.38. The van der Waals surface area contributed by atoms with Gasteiger partial charge in [0.05, 0.1) is 0 Å². The Morgan fingerprint density at radius 2 is 0.750 bits per heavy atom. The molecule has 0 aromatic carbocycles. The number of hydrogen-bond donors (Lipinski definition) is 0.